The van der Waals surface area contributed by atoms with Gasteiger partial charge in [-0.2, -0.15) is 0 Å². The summed E-state index contributed by atoms with van der Waals surface area (Å²) in [6.07, 6.45) is 2.96. The Labute approximate surface area is 224 Å². The Hall–Kier alpha value is -3.68. The van der Waals surface area contributed by atoms with E-state index in [2.05, 4.69) is 9.88 Å². The van der Waals surface area contributed by atoms with Gasteiger partial charge >= 0.3 is 0 Å². The van der Waals surface area contributed by atoms with Crippen LogP contribution in [0.15, 0.2) is 72.8 Å². The Bertz CT molecular complexity index is 1610. The van der Waals surface area contributed by atoms with Crippen LogP contribution in [0.5, 0.6) is 5.75 Å². The van der Waals surface area contributed by atoms with E-state index in [4.69, 9.17) is 33.7 Å². The summed E-state index contributed by atoms with van der Waals surface area (Å²) < 4.78 is 23.5. The molecule has 0 spiro atoms. The van der Waals surface area contributed by atoms with E-state index in [9.17, 15) is 4.39 Å². The smallest absolute Gasteiger partial charge is 0.162 e. The Balaban J connectivity index is 1.58. The second-order valence-corrected chi connectivity index (χ2v) is 9.91. The van der Waals surface area contributed by atoms with Gasteiger partial charge in [-0.15, -0.1) is 5.10 Å². The zero-order chi connectivity index (χ0) is 25.5. The third kappa shape index (κ3) is 4.28. The van der Waals surface area contributed by atoms with Gasteiger partial charge in [0.05, 0.1) is 7.11 Å². The average Bonchev–Trinajstić information content (AvgIpc) is 3.33. The Kier molecular flexibility index (Phi) is 6.18. The van der Waals surface area contributed by atoms with Crippen molar-refractivity contribution in [2.45, 2.75) is 25.8 Å². The van der Waals surface area contributed by atoms with Gasteiger partial charge in [0.15, 0.2) is 5.82 Å². The predicted octanol–water partition coefficient (Wildman–Crippen LogP) is 7.39. The normalized spacial score (nSPS) is 12.9. The third-order valence-corrected chi connectivity index (χ3v) is 7.33. The van der Waals surface area contributed by atoms with Crippen molar-refractivity contribution in [3.05, 3.63) is 94.9 Å². The van der Waals surface area contributed by atoms with Crippen molar-refractivity contribution in [2.24, 2.45) is 0 Å². The minimum Gasteiger partial charge on any atom is -0.497 e. The molecule has 1 aliphatic rings. The molecule has 2 aromatic heterocycles. The summed E-state index contributed by atoms with van der Waals surface area (Å²) >= 11 is 12.1. The summed E-state index contributed by atoms with van der Waals surface area (Å²) in [4.78, 5) is 0.536. The summed E-state index contributed by atoms with van der Waals surface area (Å²) in [5.41, 5.74) is 6.73. The molecule has 0 unspecified atom stereocenters. The number of thiocarbonyl (C=S) groups is 1. The van der Waals surface area contributed by atoms with Crippen LogP contribution in [-0.2, 0) is 13.0 Å². The fourth-order valence-electron chi connectivity index (χ4n) is 5.05. The minimum atomic E-state index is -0.272. The van der Waals surface area contributed by atoms with Crippen LogP contribution in [0.2, 0.25) is 5.02 Å². The van der Waals surface area contributed by atoms with E-state index in [0.29, 0.717) is 10.0 Å². The maximum absolute atomic E-state index is 13.9. The molecule has 0 atom stereocenters. The average molecular weight is 531 g/mol. The lowest BCUT2D eigenvalue weighted by atomic mass is 9.98. The molecule has 6 rings (SSSR count). The molecule has 5 aromatic rings. The predicted molar refractivity (Wildman–Crippen MR) is 150 cm³/mol. The number of benzene rings is 3. The van der Waals surface area contributed by atoms with E-state index in [0.717, 1.165) is 71.1 Å². The van der Waals surface area contributed by atoms with Crippen molar-refractivity contribution in [2.75, 3.05) is 12.4 Å². The van der Waals surface area contributed by atoms with Gasteiger partial charge in [0.2, 0.25) is 0 Å². The van der Waals surface area contributed by atoms with Crippen LogP contribution in [0.1, 0.15) is 24.1 Å². The van der Waals surface area contributed by atoms with Crippen LogP contribution >= 0.6 is 23.8 Å². The molecule has 8 heteroatoms. The molecule has 0 saturated heterocycles. The van der Waals surface area contributed by atoms with Crippen molar-refractivity contribution >= 4 is 40.1 Å². The molecule has 0 bridgehead atoms. The van der Waals surface area contributed by atoms with Gasteiger partial charge in [-0.3, -0.25) is 0 Å². The number of hydrogen-bond acceptors (Lipinski definition) is 3. The van der Waals surface area contributed by atoms with Crippen molar-refractivity contribution < 1.29 is 9.13 Å². The SMILES string of the molecule is COc1ccc(-c2nn3c(C(=S)Nc4ccc(Cl)cc4)c(-c4ccc(F)cc4)c4c3n2CCCC4)cc1. The lowest BCUT2D eigenvalue weighted by molar-refractivity contribution is 0.415. The van der Waals surface area contributed by atoms with Crippen LogP contribution in [-0.4, -0.2) is 26.3 Å². The molecule has 3 aromatic carbocycles. The van der Waals surface area contributed by atoms with E-state index < -0.39 is 0 Å². The lowest BCUT2D eigenvalue weighted by Gasteiger charge is -2.12. The van der Waals surface area contributed by atoms with Crippen molar-refractivity contribution in [3.8, 4) is 28.3 Å². The zero-order valence-corrected chi connectivity index (χ0v) is 21.7. The van der Waals surface area contributed by atoms with Gasteiger partial charge in [0, 0.05) is 33.9 Å². The molecule has 186 valence electrons. The summed E-state index contributed by atoms with van der Waals surface area (Å²) in [6, 6.07) is 22.0. The highest BCUT2D eigenvalue weighted by Crippen LogP contribution is 2.39. The molecule has 3 heterocycles. The number of halogens is 2. The molecule has 1 aliphatic heterocycles. The molecule has 37 heavy (non-hydrogen) atoms. The Morgan fingerprint density at radius 3 is 2.38 bits per heavy atom. The first kappa shape index (κ1) is 23.7. The third-order valence-electron chi connectivity index (χ3n) is 6.78. The van der Waals surface area contributed by atoms with Crippen molar-refractivity contribution in [1.29, 1.82) is 0 Å². The molecule has 0 fully saturated rings. The van der Waals surface area contributed by atoms with Crippen LogP contribution in [0, 0.1) is 5.82 Å². The first-order chi connectivity index (χ1) is 18.0. The summed E-state index contributed by atoms with van der Waals surface area (Å²) in [6.45, 7) is 0.849. The van der Waals surface area contributed by atoms with Crippen molar-refractivity contribution in [1.82, 2.24) is 14.2 Å². The Morgan fingerprint density at radius 2 is 1.68 bits per heavy atom. The summed E-state index contributed by atoms with van der Waals surface area (Å²) in [7, 11) is 1.66. The molecular weight excluding hydrogens is 507 g/mol. The number of rotatable bonds is 5. The standard InChI is InChI=1S/C29H24ClFN4OS/c1-36-23-15-7-19(8-16-23)27-33-35-26(28(37)32-22-13-9-20(30)10-14-22)25(18-5-11-21(31)12-6-18)24-4-2-3-17-34(27)29(24)35/h5-16H,2-4,17H2,1H3,(H,32,37). The number of anilines is 1. The summed E-state index contributed by atoms with van der Waals surface area (Å²) in [5, 5.41) is 9.13. The number of aryl methyl sites for hydroxylation is 2. The van der Waals surface area contributed by atoms with E-state index >= 15 is 0 Å². The number of aromatic nitrogens is 3. The van der Waals surface area contributed by atoms with Crippen LogP contribution < -0.4 is 10.1 Å². The molecule has 0 aliphatic carbocycles. The molecule has 0 amide bonds. The number of nitrogens with one attached hydrogen (secondary N) is 1. The quantitative estimate of drug-likeness (QED) is 0.240. The Morgan fingerprint density at radius 1 is 0.973 bits per heavy atom. The topological polar surface area (TPSA) is 43.5 Å². The number of hydrogen-bond donors (Lipinski definition) is 1. The van der Waals surface area contributed by atoms with E-state index in [-0.39, 0.29) is 5.82 Å². The highest BCUT2D eigenvalue weighted by Gasteiger charge is 2.29. The maximum atomic E-state index is 13.9. The van der Waals surface area contributed by atoms with Gasteiger partial charge in [-0.1, -0.05) is 36.0 Å². The first-order valence-electron chi connectivity index (χ1n) is 12.1. The largest absolute Gasteiger partial charge is 0.497 e. The highest BCUT2D eigenvalue weighted by atomic mass is 35.5. The molecule has 0 radical (unpaired) electrons. The molecule has 1 N–H and O–H groups in total. The van der Waals surface area contributed by atoms with Gasteiger partial charge in [-0.05, 0) is 85.5 Å². The number of nitrogens with zero attached hydrogens (tertiary/aromatic N) is 3. The van der Waals surface area contributed by atoms with Crippen LogP contribution in [0.4, 0.5) is 10.1 Å². The van der Waals surface area contributed by atoms with E-state index in [1.54, 1.807) is 7.11 Å². The lowest BCUT2D eigenvalue weighted by Crippen LogP contribution is -2.14. The molecular formula is C29H24ClFN4OS. The van der Waals surface area contributed by atoms with Gasteiger partial charge in [0.25, 0.3) is 0 Å². The molecule has 0 saturated carbocycles. The fourth-order valence-corrected chi connectivity index (χ4v) is 5.49. The maximum Gasteiger partial charge on any atom is 0.162 e. The number of ether oxygens (including phenoxy) is 1. The van der Waals surface area contributed by atoms with E-state index in [1.165, 1.54) is 17.7 Å². The first-order valence-corrected chi connectivity index (χ1v) is 12.9. The van der Waals surface area contributed by atoms with Crippen LogP contribution in [0.25, 0.3) is 28.2 Å². The second-order valence-electron chi connectivity index (χ2n) is 9.07. The summed E-state index contributed by atoms with van der Waals surface area (Å²) in [5.74, 6) is 1.40. The van der Waals surface area contributed by atoms with Crippen LogP contribution in [0.3, 0.4) is 0 Å². The van der Waals surface area contributed by atoms with E-state index in [1.807, 2.05) is 65.2 Å². The van der Waals surface area contributed by atoms with Crippen molar-refractivity contribution in [3.63, 3.8) is 0 Å². The van der Waals surface area contributed by atoms with Gasteiger partial charge in [0.1, 0.15) is 27.9 Å². The second kappa shape index (κ2) is 9.65. The fraction of sp³-hybridized carbons (Fsp3) is 0.172. The number of methoxy groups -OCH3 is 1. The van der Waals surface area contributed by atoms with Gasteiger partial charge < -0.3 is 14.6 Å². The zero-order valence-electron chi connectivity index (χ0n) is 20.2. The molecule has 5 nitrogen and oxygen atoms in total. The monoisotopic (exact) mass is 530 g/mol. The van der Waals surface area contributed by atoms with Gasteiger partial charge in [-0.25, -0.2) is 8.91 Å². The highest BCUT2D eigenvalue weighted by molar-refractivity contribution is 7.81. The minimum absolute atomic E-state index is 0.272.